The summed E-state index contributed by atoms with van der Waals surface area (Å²) in [4.78, 5) is 33.1. The second-order valence-corrected chi connectivity index (χ2v) is 12.6. The number of thiophene rings is 1. The molecule has 1 aliphatic rings. The van der Waals surface area contributed by atoms with Crippen LogP contribution < -0.4 is 5.32 Å². The number of rotatable bonds is 4. The number of methoxy groups -OCH3 is 1. The SMILES string of the molecule is COC(=O)c1c(NC(=O)c2cc(-c3ccc(C)cc3)nc3ccc(Br)cc23)sc2c1CCCCCCCCCC2. The molecule has 0 saturated heterocycles. The van der Waals surface area contributed by atoms with Gasteiger partial charge in [0, 0.05) is 20.3 Å². The van der Waals surface area contributed by atoms with E-state index in [-0.39, 0.29) is 11.9 Å². The molecule has 0 radical (unpaired) electrons. The molecule has 0 aliphatic heterocycles. The van der Waals surface area contributed by atoms with Crippen LogP contribution in [0.25, 0.3) is 22.2 Å². The maximum atomic E-state index is 14.0. The maximum Gasteiger partial charge on any atom is 0.341 e. The fourth-order valence-electron chi connectivity index (χ4n) is 5.46. The number of benzene rings is 2. The number of esters is 1. The molecule has 2 aromatic carbocycles. The van der Waals surface area contributed by atoms with E-state index >= 15 is 0 Å². The number of ether oxygens (including phenoxy) is 1. The number of amides is 1. The van der Waals surface area contributed by atoms with Gasteiger partial charge in [-0.2, -0.15) is 0 Å². The van der Waals surface area contributed by atoms with E-state index in [2.05, 4.69) is 21.2 Å². The van der Waals surface area contributed by atoms with Gasteiger partial charge in [-0.15, -0.1) is 11.3 Å². The van der Waals surface area contributed by atoms with Gasteiger partial charge in [0.1, 0.15) is 5.00 Å². The molecule has 1 aliphatic carbocycles. The zero-order valence-corrected chi connectivity index (χ0v) is 25.6. The molecule has 1 N–H and O–H groups in total. The van der Waals surface area contributed by atoms with Crippen molar-refractivity contribution in [2.75, 3.05) is 12.4 Å². The topological polar surface area (TPSA) is 68.3 Å². The molecule has 0 spiro atoms. The number of nitrogens with one attached hydrogen (secondary N) is 1. The summed E-state index contributed by atoms with van der Waals surface area (Å²) in [6.45, 7) is 2.05. The Morgan fingerprint density at radius 1 is 0.900 bits per heavy atom. The molecule has 5 nitrogen and oxygen atoms in total. The number of halogens is 1. The van der Waals surface area contributed by atoms with Crippen LogP contribution in [0.3, 0.4) is 0 Å². The Morgan fingerprint density at radius 2 is 1.57 bits per heavy atom. The summed E-state index contributed by atoms with van der Waals surface area (Å²) >= 11 is 5.08. The van der Waals surface area contributed by atoms with E-state index in [1.165, 1.54) is 55.4 Å². The molecule has 1 amide bonds. The standard InChI is InChI=1S/C33H35BrN2O3S/c1-21-13-15-22(16-14-21)28-20-26(25-19-23(34)17-18-27(25)35-28)31(37)36-32-30(33(38)39-2)24-11-9-7-5-3-4-6-8-10-12-29(24)40-32/h13-20H,3-12H2,1-2H3,(H,36,37). The van der Waals surface area contributed by atoms with Crippen LogP contribution in [0.5, 0.6) is 0 Å². The summed E-state index contributed by atoms with van der Waals surface area (Å²) in [5, 5.41) is 4.46. The second-order valence-electron chi connectivity index (χ2n) is 10.6. The lowest BCUT2D eigenvalue weighted by molar-refractivity contribution is 0.0601. The molecular formula is C33H35BrN2O3S. The fourth-order valence-corrected chi connectivity index (χ4v) is 7.09. The van der Waals surface area contributed by atoms with E-state index in [1.807, 2.05) is 55.5 Å². The van der Waals surface area contributed by atoms with Gasteiger partial charge in [-0.05, 0) is 62.4 Å². The van der Waals surface area contributed by atoms with Gasteiger partial charge in [-0.25, -0.2) is 9.78 Å². The van der Waals surface area contributed by atoms with Gasteiger partial charge in [-0.1, -0.05) is 84.3 Å². The van der Waals surface area contributed by atoms with E-state index in [0.717, 1.165) is 69.9 Å². The summed E-state index contributed by atoms with van der Waals surface area (Å²) in [5.74, 6) is -0.649. The van der Waals surface area contributed by atoms with Gasteiger partial charge in [0.05, 0.1) is 29.4 Å². The Hall–Kier alpha value is -3.03. The Kier molecular flexibility index (Phi) is 9.33. The number of nitrogens with zero attached hydrogens (tertiary/aromatic N) is 1. The number of pyridine rings is 1. The third-order valence-electron chi connectivity index (χ3n) is 7.65. The maximum absolute atomic E-state index is 14.0. The van der Waals surface area contributed by atoms with Crippen LogP contribution in [-0.2, 0) is 17.6 Å². The number of anilines is 1. The van der Waals surface area contributed by atoms with Crippen molar-refractivity contribution in [2.24, 2.45) is 0 Å². The highest BCUT2D eigenvalue weighted by atomic mass is 79.9. The Balaban J connectivity index is 1.56. The lowest BCUT2D eigenvalue weighted by Crippen LogP contribution is -2.15. The lowest BCUT2D eigenvalue weighted by Gasteiger charge is -2.12. The highest BCUT2D eigenvalue weighted by molar-refractivity contribution is 9.10. The highest BCUT2D eigenvalue weighted by Gasteiger charge is 2.26. The van der Waals surface area contributed by atoms with Crippen LogP contribution in [0.1, 0.15) is 88.1 Å². The molecule has 5 rings (SSSR count). The first kappa shape index (κ1) is 28.5. The first-order valence-corrected chi connectivity index (χ1v) is 15.8. The molecule has 2 heterocycles. The number of aromatic nitrogens is 1. The van der Waals surface area contributed by atoms with Gasteiger partial charge in [-0.3, -0.25) is 4.79 Å². The van der Waals surface area contributed by atoms with Crippen LogP contribution in [0.2, 0.25) is 0 Å². The van der Waals surface area contributed by atoms with Crippen LogP contribution in [0.15, 0.2) is 53.0 Å². The van der Waals surface area contributed by atoms with Crippen LogP contribution in [0, 0.1) is 6.92 Å². The number of hydrogen-bond donors (Lipinski definition) is 1. The van der Waals surface area contributed by atoms with Crippen LogP contribution >= 0.6 is 27.3 Å². The van der Waals surface area contributed by atoms with Crippen molar-refractivity contribution in [2.45, 2.75) is 71.1 Å². The molecule has 0 unspecified atom stereocenters. The number of hydrogen-bond acceptors (Lipinski definition) is 5. The van der Waals surface area contributed by atoms with Crippen LogP contribution in [-0.4, -0.2) is 24.0 Å². The first-order valence-electron chi connectivity index (χ1n) is 14.2. The summed E-state index contributed by atoms with van der Waals surface area (Å²) in [6.07, 6.45) is 11.3. The fraction of sp³-hybridized carbons (Fsp3) is 0.364. The minimum Gasteiger partial charge on any atom is -0.465 e. The number of fused-ring (bicyclic) bond motifs is 2. The van der Waals surface area contributed by atoms with Crippen molar-refractivity contribution in [1.82, 2.24) is 4.98 Å². The summed E-state index contributed by atoms with van der Waals surface area (Å²) in [6, 6.07) is 15.7. The molecule has 0 fully saturated rings. The summed E-state index contributed by atoms with van der Waals surface area (Å²) in [5.41, 5.74) is 5.65. The molecule has 2 aromatic heterocycles. The minimum absolute atomic E-state index is 0.263. The molecular weight excluding hydrogens is 584 g/mol. The second kappa shape index (κ2) is 13.1. The molecule has 7 heteroatoms. The third kappa shape index (κ3) is 6.47. The van der Waals surface area contributed by atoms with E-state index in [9.17, 15) is 9.59 Å². The highest BCUT2D eigenvalue weighted by Crippen LogP contribution is 2.38. The van der Waals surface area contributed by atoms with Gasteiger partial charge in [0.25, 0.3) is 5.91 Å². The number of aryl methyl sites for hydroxylation is 2. The first-order chi connectivity index (χ1) is 19.4. The minimum atomic E-state index is -0.387. The quantitative estimate of drug-likeness (QED) is 0.231. The smallest absolute Gasteiger partial charge is 0.341 e. The lowest BCUT2D eigenvalue weighted by atomic mass is 9.97. The van der Waals surface area contributed by atoms with E-state index in [4.69, 9.17) is 9.72 Å². The van der Waals surface area contributed by atoms with E-state index < -0.39 is 0 Å². The van der Waals surface area contributed by atoms with E-state index in [1.54, 1.807) is 0 Å². The van der Waals surface area contributed by atoms with Crippen LogP contribution in [0.4, 0.5) is 5.00 Å². The molecule has 0 bridgehead atoms. The molecule has 4 aromatic rings. The van der Waals surface area contributed by atoms with Crippen molar-refractivity contribution in [1.29, 1.82) is 0 Å². The predicted molar refractivity (Wildman–Crippen MR) is 168 cm³/mol. The Morgan fingerprint density at radius 3 is 2.27 bits per heavy atom. The normalized spacial score (nSPS) is 14.6. The van der Waals surface area contributed by atoms with Gasteiger partial charge >= 0.3 is 5.97 Å². The molecule has 0 saturated carbocycles. The summed E-state index contributed by atoms with van der Waals surface area (Å²) in [7, 11) is 1.41. The van der Waals surface area contributed by atoms with Crippen molar-refractivity contribution in [3.05, 3.63) is 80.1 Å². The number of carbonyl (C=O) groups excluding carboxylic acids is 2. The average molecular weight is 620 g/mol. The van der Waals surface area contributed by atoms with Crippen molar-refractivity contribution >= 4 is 55.0 Å². The molecule has 40 heavy (non-hydrogen) atoms. The average Bonchev–Trinajstić information content (AvgIpc) is 3.28. The van der Waals surface area contributed by atoms with Gasteiger partial charge in [0.2, 0.25) is 0 Å². The Bertz CT molecular complexity index is 1530. The van der Waals surface area contributed by atoms with Crippen molar-refractivity contribution in [3.8, 4) is 11.3 Å². The van der Waals surface area contributed by atoms with Crippen molar-refractivity contribution in [3.63, 3.8) is 0 Å². The third-order valence-corrected chi connectivity index (χ3v) is 9.35. The number of carbonyl (C=O) groups is 2. The van der Waals surface area contributed by atoms with E-state index in [0.29, 0.717) is 16.1 Å². The zero-order chi connectivity index (χ0) is 28.1. The molecule has 208 valence electrons. The van der Waals surface area contributed by atoms with Gasteiger partial charge < -0.3 is 10.1 Å². The summed E-state index contributed by atoms with van der Waals surface area (Å²) < 4.78 is 6.10. The monoisotopic (exact) mass is 618 g/mol. The van der Waals surface area contributed by atoms with Crippen molar-refractivity contribution < 1.29 is 14.3 Å². The predicted octanol–water partition coefficient (Wildman–Crippen LogP) is 9.29. The zero-order valence-electron chi connectivity index (χ0n) is 23.1. The van der Waals surface area contributed by atoms with Gasteiger partial charge in [0.15, 0.2) is 0 Å². The largest absolute Gasteiger partial charge is 0.465 e. The Labute approximate surface area is 248 Å². The molecule has 0 atom stereocenters.